The van der Waals surface area contributed by atoms with Crippen LogP contribution in [0.1, 0.15) is 30.5 Å². The Morgan fingerprint density at radius 1 is 1.10 bits per heavy atom. The molecule has 112 valence electrons. The number of halogens is 1. The molecule has 2 rings (SSSR count). The van der Waals surface area contributed by atoms with Crippen molar-refractivity contribution in [2.75, 3.05) is 13.2 Å². The SMILES string of the molecule is CCCNC(COc1ccccc1Cl)c1ccccc1C. The van der Waals surface area contributed by atoms with E-state index < -0.39 is 0 Å². The number of rotatable bonds is 7. The van der Waals surface area contributed by atoms with Gasteiger partial charge in [0.15, 0.2) is 0 Å². The van der Waals surface area contributed by atoms with Gasteiger partial charge in [0.05, 0.1) is 11.1 Å². The molecule has 0 fully saturated rings. The van der Waals surface area contributed by atoms with Crippen molar-refractivity contribution >= 4 is 11.6 Å². The summed E-state index contributed by atoms with van der Waals surface area (Å²) in [6.45, 7) is 5.82. The molecule has 1 atom stereocenters. The Labute approximate surface area is 132 Å². The van der Waals surface area contributed by atoms with Crippen molar-refractivity contribution in [2.24, 2.45) is 0 Å². The lowest BCUT2D eigenvalue weighted by Gasteiger charge is -2.21. The summed E-state index contributed by atoms with van der Waals surface area (Å²) in [7, 11) is 0. The van der Waals surface area contributed by atoms with Crippen LogP contribution in [-0.2, 0) is 0 Å². The molecular weight excluding hydrogens is 282 g/mol. The van der Waals surface area contributed by atoms with Gasteiger partial charge in [0.2, 0.25) is 0 Å². The maximum atomic E-state index is 6.14. The highest BCUT2D eigenvalue weighted by atomic mass is 35.5. The summed E-state index contributed by atoms with van der Waals surface area (Å²) in [5, 5.41) is 4.20. The monoisotopic (exact) mass is 303 g/mol. The van der Waals surface area contributed by atoms with Gasteiger partial charge in [0.25, 0.3) is 0 Å². The largest absolute Gasteiger partial charge is 0.490 e. The Hall–Kier alpha value is -1.51. The number of hydrogen-bond acceptors (Lipinski definition) is 2. The van der Waals surface area contributed by atoms with Gasteiger partial charge < -0.3 is 10.1 Å². The zero-order valence-corrected chi connectivity index (χ0v) is 13.4. The minimum absolute atomic E-state index is 0.169. The number of benzene rings is 2. The van der Waals surface area contributed by atoms with Gasteiger partial charge in [-0.1, -0.05) is 54.9 Å². The molecular formula is C18H22ClNO. The quantitative estimate of drug-likeness (QED) is 0.795. The number of hydrogen-bond donors (Lipinski definition) is 1. The molecule has 0 aliphatic carbocycles. The van der Waals surface area contributed by atoms with Gasteiger partial charge in [-0.15, -0.1) is 0 Å². The standard InChI is InChI=1S/C18H22ClNO/c1-3-12-20-17(15-9-5-4-8-14(15)2)13-21-18-11-7-6-10-16(18)19/h4-11,17,20H,3,12-13H2,1-2H3. The summed E-state index contributed by atoms with van der Waals surface area (Å²) in [5.74, 6) is 0.732. The first-order chi connectivity index (χ1) is 10.2. The van der Waals surface area contributed by atoms with Crippen molar-refractivity contribution in [3.8, 4) is 5.75 Å². The Kier molecular flexibility index (Phi) is 6.09. The van der Waals surface area contributed by atoms with Crippen LogP contribution in [0.5, 0.6) is 5.75 Å². The molecule has 0 aliphatic rings. The molecule has 0 heterocycles. The van der Waals surface area contributed by atoms with E-state index in [1.807, 2.05) is 24.3 Å². The zero-order valence-electron chi connectivity index (χ0n) is 12.6. The Morgan fingerprint density at radius 2 is 1.81 bits per heavy atom. The predicted octanol–water partition coefficient (Wildman–Crippen LogP) is 4.77. The summed E-state index contributed by atoms with van der Waals surface area (Å²) < 4.78 is 5.91. The molecule has 0 aliphatic heterocycles. The fourth-order valence-corrected chi connectivity index (χ4v) is 2.48. The Balaban J connectivity index is 2.10. The van der Waals surface area contributed by atoms with E-state index in [1.165, 1.54) is 11.1 Å². The summed E-state index contributed by atoms with van der Waals surface area (Å²) in [4.78, 5) is 0. The highest BCUT2D eigenvalue weighted by Crippen LogP contribution is 2.25. The van der Waals surface area contributed by atoms with Gasteiger partial charge in [-0.3, -0.25) is 0 Å². The van der Waals surface area contributed by atoms with Gasteiger partial charge in [0.1, 0.15) is 12.4 Å². The Morgan fingerprint density at radius 3 is 2.52 bits per heavy atom. The minimum atomic E-state index is 0.169. The van der Waals surface area contributed by atoms with Crippen LogP contribution in [0.3, 0.4) is 0 Å². The van der Waals surface area contributed by atoms with Crippen molar-refractivity contribution in [1.82, 2.24) is 5.32 Å². The molecule has 0 saturated heterocycles. The van der Waals surface area contributed by atoms with Crippen molar-refractivity contribution in [1.29, 1.82) is 0 Å². The van der Waals surface area contributed by atoms with Crippen LogP contribution in [-0.4, -0.2) is 13.2 Å². The molecule has 2 aromatic carbocycles. The van der Waals surface area contributed by atoms with Crippen LogP contribution >= 0.6 is 11.6 Å². The first kappa shape index (κ1) is 15.9. The second kappa shape index (κ2) is 8.06. The third-order valence-corrected chi connectivity index (χ3v) is 3.76. The van der Waals surface area contributed by atoms with Crippen molar-refractivity contribution in [3.05, 3.63) is 64.7 Å². The van der Waals surface area contributed by atoms with E-state index >= 15 is 0 Å². The van der Waals surface area contributed by atoms with Gasteiger partial charge in [-0.05, 0) is 43.1 Å². The van der Waals surface area contributed by atoms with Crippen LogP contribution < -0.4 is 10.1 Å². The first-order valence-electron chi connectivity index (χ1n) is 7.38. The second-order valence-electron chi connectivity index (χ2n) is 5.10. The minimum Gasteiger partial charge on any atom is -0.490 e. The maximum Gasteiger partial charge on any atom is 0.137 e. The summed E-state index contributed by atoms with van der Waals surface area (Å²) in [5.41, 5.74) is 2.55. The van der Waals surface area contributed by atoms with Gasteiger partial charge in [-0.25, -0.2) is 0 Å². The van der Waals surface area contributed by atoms with E-state index in [-0.39, 0.29) is 6.04 Å². The van der Waals surface area contributed by atoms with Crippen LogP contribution in [0, 0.1) is 6.92 Å². The molecule has 21 heavy (non-hydrogen) atoms. The first-order valence-corrected chi connectivity index (χ1v) is 7.76. The lowest BCUT2D eigenvalue weighted by molar-refractivity contribution is 0.266. The van der Waals surface area contributed by atoms with E-state index in [4.69, 9.17) is 16.3 Å². The zero-order chi connectivity index (χ0) is 15.1. The third kappa shape index (κ3) is 4.48. The maximum absolute atomic E-state index is 6.14. The average molecular weight is 304 g/mol. The third-order valence-electron chi connectivity index (χ3n) is 3.45. The van der Waals surface area contributed by atoms with Crippen molar-refractivity contribution in [2.45, 2.75) is 26.3 Å². The van der Waals surface area contributed by atoms with Crippen LogP contribution in [0.4, 0.5) is 0 Å². The summed E-state index contributed by atoms with van der Waals surface area (Å²) in [6.07, 6.45) is 1.09. The van der Waals surface area contributed by atoms with E-state index in [9.17, 15) is 0 Å². The molecule has 0 amide bonds. The number of para-hydroxylation sites is 1. The summed E-state index contributed by atoms with van der Waals surface area (Å²) in [6, 6.07) is 16.2. The predicted molar refractivity (Wildman–Crippen MR) is 89.2 cm³/mol. The molecule has 1 N–H and O–H groups in total. The normalized spacial score (nSPS) is 12.1. The smallest absolute Gasteiger partial charge is 0.137 e. The second-order valence-corrected chi connectivity index (χ2v) is 5.51. The van der Waals surface area contributed by atoms with E-state index in [0.29, 0.717) is 11.6 Å². The highest BCUT2D eigenvalue weighted by Gasteiger charge is 2.14. The fraction of sp³-hybridized carbons (Fsp3) is 0.333. The lowest BCUT2D eigenvalue weighted by Crippen LogP contribution is -2.28. The van der Waals surface area contributed by atoms with E-state index in [2.05, 4.69) is 43.4 Å². The van der Waals surface area contributed by atoms with E-state index in [0.717, 1.165) is 18.7 Å². The molecule has 2 nitrogen and oxygen atoms in total. The van der Waals surface area contributed by atoms with Crippen LogP contribution in [0.2, 0.25) is 5.02 Å². The van der Waals surface area contributed by atoms with Crippen LogP contribution in [0.25, 0.3) is 0 Å². The van der Waals surface area contributed by atoms with Crippen LogP contribution in [0.15, 0.2) is 48.5 Å². The molecule has 0 bridgehead atoms. The molecule has 2 aromatic rings. The van der Waals surface area contributed by atoms with Crippen molar-refractivity contribution < 1.29 is 4.74 Å². The van der Waals surface area contributed by atoms with E-state index in [1.54, 1.807) is 0 Å². The summed E-state index contributed by atoms with van der Waals surface area (Å²) >= 11 is 6.14. The average Bonchev–Trinajstić information content (AvgIpc) is 2.50. The van der Waals surface area contributed by atoms with Crippen molar-refractivity contribution in [3.63, 3.8) is 0 Å². The number of aryl methyl sites for hydroxylation is 1. The van der Waals surface area contributed by atoms with Gasteiger partial charge in [-0.2, -0.15) is 0 Å². The molecule has 0 saturated carbocycles. The lowest BCUT2D eigenvalue weighted by atomic mass is 10.0. The number of ether oxygens (including phenoxy) is 1. The molecule has 0 radical (unpaired) electrons. The molecule has 0 aromatic heterocycles. The molecule has 1 unspecified atom stereocenters. The fourth-order valence-electron chi connectivity index (χ4n) is 2.29. The number of nitrogens with one attached hydrogen (secondary N) is 1. The van der Waals surface area contributed by atoms with Gasteiger partial charge >= 0.3 is 0 Å². The Bertz CT molecular complexity index is 571. The van der Waals surface area contributed by atoms with Gasteiger partial charge in [0, 0.05) is 0 Å². The highest BCUT2D eigenvalue weighted by molar-refractivity contribution is 6.32. The topological polar surface area (TPSA) is 21.3 Å². The molecule has 3 heteroatoms. The molecule has 0 spiro atoms.